The van der Waals surface area contributed by atoms with E-state index in [1.807, 2.05) is 60.7 Å². The summed E-state index contributed by atoms with van der Waals surface area (Å²) in [6.45, 7) is 1.42. The van der Waals surface area contributed by atoms with Crippen LogP contribution in [0.1, 0.15) is 11.1 Å². The maximum atomic E-state index is 10.3. The fourth-order valence-corrected chi connectivity index (χ4v) is 2.27. The van der Waals surface area contributed by atoms with E-state index in [4.69, 9.17) is 18.9 Å². The summed E-state index contributed by atoms with van der Waals surface area (Å²) in [4.78, 5) is 0. The average molecular weight is 346 g/mol. The van der Waals surface area contributed by atoms with Crippen LogP contribution in [0.15, 0.2) is 60.7 Å². The number of aliphatic hydroxyl groups is 1. The van der Waals surface area contributed by atoms with Crippen molar-refractivity contribution in [1.29, 1.82) is 0 Å². The molecule has 0 aliphatic heterocycles. The SMILES string of the molecule is COCO[C@@H](COCc1ccccc1)[C@H](O)COCc1ccccc1. The summed E-state index contributed by atoms with van der Waals surface area (Å²) in [5, 5.41) is 10.3. The zero-order chi connectivity index (χ0) is 17.7. The smallest absolute Gasteiger partial charge is 0.146 e. The molecule has 2 aromatic carbocycles. The minimum atomic E-state index is -0.797. The van der Waals surface area contributed by atoms with Crippen LogP contribution >= 0.6 is 0 Å². The fraction of sp³-hybridized carbons (Fsp3) is 0.400. The number of methoxy groups -OCH3 is 1. The molecule has 5 nitrogen and oxygen atoms in total. The molecule has 0 unspecified atom stereocenters. The second-order valence-corrected chi connectivity index (χ2v) is 5.68. The molecular weight excluding hydrogens is 320 g/mol. The van der Waals surface area contributed by atoms with Crippen LogP contribution in [0.2, 0.25) is 0 Å². The molecule has 0 bridgehead atoms. The molecule has 0 amide bonds. The lowest BCUT2D eigenvalue weighted by Gasteiger charge is -2.23. The summed E-state index contributed by atoms with van der Waals surface area (Å²) in [5.41, 5.74) is 2.13. The number of benzene rings is 2. The Bertz CT molecular complexity index is 561. The molecule has 136 valence electrons. The minimum Gasteiger partial charge on any atom is -0.388 e. The van der Waals surface area contributed by atoms with Crippen LogP contribution in [0.3, 0.4) is 0 Å². The van der Waals surface area contributed by atoms with Crippen molar-refractivity contribution in [3.8, 4) is 0 Å². The highest BCUT2D eigenvalue weighted by Crippen LogP contribution is 2.07. The normalized spacial score (nSPS) is 13.5. The highest BCUT2D eigenvalue weighted by Gasteiger charge is 2.20. The largest absolute Gasteiger partial charge is 0.388 e. The van der Waals surface area contributed by atoms with Gasteiger partial charge in [0.25, 0.3) is 0 Å². The van der Waals surface area contributed by atoms with Gasteiger partial charge in [-0.05, 0) is 11.1 Å². The molecule has 0 saturated carbocycles. The van der Waals surface area contributed by atoms with Gasteiger partial charge in [0.2, 0.25) is 0 Å². The first-order valence-electron chi connectivity index (χ1n) is 8.31. The van der Waals surface area contributed by atoms with Gasteiger partial charge in [-0.3, -0.25) is 0 Å². The van der Waals surface area contributed by atoms with Gasteiger partial charge in [-0.25, -0.2) is 0 Å². The van der Waals surface area contributed by atoms with Crippen molar-refractivity contribution in [2.45, 2.75) is 25.4 Å². The minimum absolute atomic E-state index is 0.0924. The lowest BCUT2D eigenvalue weighted by molar-refractivity contribution is -0.150. The van der Waals surface area contributed by atoms with Crippen LogP contribution in [0.25, 0.3) is 0 Å². The third-order valence-electron chi connectivity index (χ3n) is 3.62. The Hall–Kier alpha value is -1.76. The van der Waals surface area contributed by atoms with E-state index in [0.29, 0.717) is 13.2 Å². The zero-order valence-corrected chi connectivity index (χ0v) is 14.5. The third-order valence-corrected chi connectivity index (χ3v) is 3.62. The van der Waals surface area contributed by atoms with E-state index in [0.717, 1.165) is 11.1 Å². The van der Waals surface area contributed by atoms with Gasteiger partial charge < -0.3 is 24.1 Å². The van der Waals surface area contributed by atoms with E-state index in [1.54, 1.807) is 7.11 Å². The van der Waals surface area contributed by atoms with Crippen LogP contribution in [-0.2, 0) is 32.2 Å². The number of ether oxygens (including phenoxy) is 4. The second kappa shape index (κ2) is 11.7. The molecule has 0 aromatic heterocycles. The van der Waals surface area contributed by atoms with E-state index in [-0.39, 0.29) is 20.0 Å². The van der Waals surface area contributed by atoms with Crippen molar-refractivity contribution in [2.75, 3.05) is 27.1 Å². The molecule has 0 heterocycles. The van der Waals surface area contributed by atoms with E-state index < -0.39 is 12.2 Å². The van der Waals surface area contributed by atoms with Crippen molar-refractivity contribution >= 4 is 0 Å². The third kappa shape index (κ3) is 7.77. The summed E-state index contributed by atoms with van der Waals surface area (Å²) in [5.74, 6) is 0. The Morgan fingerprint density at radius 1 is 0.800 bits per heavy atom. The number of aliphatic hydroxyl groups excluding tert-OH is 1. The Morgan fingerprint density at radius 3 is 1.84 bits per heavy atom. The van der Waals surface area contributed by atoms with E-state index in [9.17, 15) is 5.11 Å². The van der Waals surface area contributed by atoms with Crippen LogP contribution < -0.4 is 0 Å². The highest BCUT2D eigenvalue weighted by atomic mass is 16.7. The molecule has 25 heavy (non-hydrogen) atoms. The molecule has 0 aliphatic carbocycles. The lowest BCUT2D eigenvalue weighted by Crippen LogP contribution is -2.37. The van der Waals surface area contributed by atoms with Crippen LogP contribution in [-0.4, -0.2) is 44.4 Å². The highest BCUT2D eigenvalue weighted by molar-refractivity contribution is 5.14. The van der Waals surface area contributed by atoms with Gasteiger partial charge >= 0.3 is 0 Å². The summed E-state index contributed by atoms with van der Waals surface area (Å²) in [6.07, 6.45) is -1.31. The Morgan fingerprint density at radius 2 is 1.32 bits per heavy atom. The van der Waals surface area contributed by atoms with E-state index >= 15 is 0 Å². The van der Waals surface area contributed by atoms with Gasteiger partial charge in [0.05, 0.1) is 26.4 Å². The summed E-state index contributed by atoms with van der Waals surface area (Å²) < 4.78 is 21.7. The van der Waals surface area contributed by atoms with Crippen molar-refractivity contribution in [3.05, 3.63) is 71.8 Å². The van der Waals surface area contributed by atoms with Crippen molar-refractivity contribution in [3.63, 3.8) is 0 Å². The van der Waals surface area contributed by atoms with Crippen LogP contribution in [0, 0.1) is 0 Å². The van der Waals surface area contributed by atoms with Crippen molar-refractivity contribution in [2.24, 2.45) is 0 Å². The average Bonchev–Trinajstić information content (AvgIpc) is 2.66. The molecule has 1 N–H and O–H groups in total. The molecular formula is C20H26O5. The summed E-state index contributed by atoms with van der Waals surface area (Å²) >= 11 is 0. The Balaban J connectivity index is 1.74. The van der Waals surface area contributed by atoms with Gasteiger partial charge in [0.1, 0.15) is 19.0 Å². The van der Waals surface area contributed by atoms with Gasteiger partial charge in [0, 0.05) is 7.11 Å². The first-order valence-corrected chi connectivity index (χ1v) is 8.31. The maximum absolute atomic E-state index is 10.3. The number of hydrogen-bond acceptors (Lipinski definition) is 5. The van der Waals surface area contributed by atoms with Gasteiger partial charge in [0.15, 0.2) is 0 Å². The molecule has 2 rings (SSSR count). The summed E-state index contributed by atoms with van der Waals surface area (Å²) in [7, 11) is 1.54. The zero-order valence-electron chi connectivity index (χ0n) is 14.5. The van der Waals surface area contributed by atoms with Crippen LogP contribution in [0.4, 0.5) is 0 Å². The summed E-state index contributed by atoms with van der Waals surface area (Å²) in [6, 6.07) is 19.7. The molecule has 2 aromatic rings. The fourth-order valence-electron chi connectivity index (χ4n) is 2.27. The predicted molar refractivity (Wildman–Crippen MR) is 95.0 cm³/mol. The lowest BCUT2D eigenvalue weighted by atomic mass is 10.2. The number of hydrogen-bond donors (Lipinski definition) is 1. The molecule has 0 fully saturated rings. The van der Waals surface area contributed by atoms with Crippen LogP contribution in [0.5, 0.6) is 0 Å². The van der Waals surface area contributed by atoms with Gasteiger partial charge in [-0.2, -0.15) is 0 Å². The predicted octanol–water partition coefficient (Wildman–Crippen LogP) is 2.77. The molecule has 0 radical (unpaired) electrons. The van der Waals surface area contributed by atoms with Crippen molar-refractivity contribution in [1.82, 2.24) is 0 Å². The Labute approximate surface area is 149 Å². The van der Waals surface area contributed by atoms with E-state index in [2.05, 4.69) is 0 Å². The standard InChI is InChI=1S/C20H26O5/c1-22-16-25-20(15-24-13-18-10-6-3-7-11-18)19(21)14-23-12-17-8-4-2-5-9-17/h2-11,19-21H,12-16H2,1H3/t19-,20+/m1/s1. The molecule has 5 heteroatoms. The van der Waals surface area contributed by atoms with Gasteiger partial charge in [-0.15, -0.1) is 0 Å². The molecule has 0 saturated heterocycles. The first-order chi connectivity index (χ1) is 12.3. The quantitative estimate of drug-likeness (QED) is 0.599. The second-order valence-electron chi connectivity index (χ2n) is 5.68. The maximum Gasteiger partial charge on any atom is 0.146 e. The topological polar surface area (TPSA) is 57.2 Å². The first kappa shape index (κ1) is 19.6. The molecule has 2 atom stereocenters. The van der Waals surface area contributed by atoms with Gasteiger partial charge in [-0.1, -0.05) is 60.7 Å². The number of rotatable bonds is 12. The Kier molecular flexibility index (Phi) is 9.18. The van der Waals surface area contributed by atoms with E-state index in [1.165, 1.54) is 0 Å². The monoisotopic (exact) mass is 346 g/mol. The van der Waals surface area contributed by atoms with Crippen molar-refractivity contribution < 1.29 is 24.1 Å². The molecule has 0 aliphatic rings. The molecule has 0 spiro atoms.